The predicted octanol–water partition coefficient (Wildman–Crippen LogP) is 1.60. The summed E-state index contributed by atoms with van der Waals surface area (Å²) >= 11 is 0. The number of nitro groups is 1. The van der Waals surface area contributed by atoms with Crippen LogP contribution in [0, 0.1) is 10.1 Å². The fourth-order valence-corrected chi connectivity index (χ4v) is 1.65. The van der Waals surface area contributed by atoms with Crippen LogP contribution < -0.4 is 9.64 Å². The summed E-state index contributed by atoms with van der Waals surface area (Å²) in [6.07, 6.45) is 0. The Bertz CT molecular complexity index is 475. The van der Waals surface area contributed by atoms with Crippen molar-refractivity contribution in [2.75, 3.05) is 32.2 Å². The average molecular weight is 268 g/mol. The van der Waals surface area contributed by atoms with Crippen LogP contribution in [0.3, 0.4) is 0 Å². The van der Waals surface area contributed by atoms with E-state index in [1.807, 2.05) is 0 Å². The lowest BCUT2D eigenvalue weighted by Crippen LogP contribution is -2.27. The molecule has 0 spiro atoms. The van der Waals surface area contributed by atoms with Crippen LogP contribution in [0.2, 0.25) is 0 Å². The molecular weight excluding hydrogens is 252 g/mol. The van der Waals surface area contributed by atoms with Gasteiger partial charge in [-0.2, -0.15) is 0 Å². The van der Waals surface area contributed by atoms with E-state index in [-0.39, 0.29) is 24.6 Å². The second-order valence-corrected chi connectivity index (χ2v) is 3.75. The van der Waals surface area contributed by atoms with Gasteiger partial charge in [0.15, 0.2) is 5.75 Å². The quantitative estimate of drug-likeness (QED) is 0.443. The minimum absolute atomic E-state index is 0.0676. The molecule has 0 aliphatic heterocycles. The SMILES string of the molecule is CCOC(=O)CN(C)c1cccc(OC)c1[N+](=O)[O-]. The number of likely N-dealkylation sites (N-methyl/N-ethyl adjacent to an activating group) is 1. The van der Waals surface area contributed by atoms with E-state index in [1.54, 1.807) is 26.1 Å². The van der Waals surface area contributed by atoms with Crippen molar-refractivity contribution in [2.45, 2.75) is 6.92 Å². The van der Waals surface area contributed by atoms with Crippen molar-refractivity contribution in [2.24, 2.45) is 0 Å². The van der Waals surface area contributed by atoms with E-state index in [4.69, 9.17) is 9.47 Å². The molecule has 0 aliphatic rings. The highest BCUT2D eigenvalue weighted by Gasteiger charge is 2.24. The second-order valence-electron chi connectivity index (χ2n) is 3.75. The van der Waals surface area contributed by atoms with Crippen LogP contribution in [0.25, 0.3) is 0 Å². The zero-order valence-electron chi connectivity index (χ0n) is 11.1. The molecule has 0 bridgehead atoms. The fraction of sp³-hybridized carbons (Fsp3) is 0.417. The summed E-state index contributed by atoms with van der Waals surface area (Å²) in [4.78, 5) is 23.4. The predicted molar refractivity (Wildman–Crippen MR) is 69.6 cm³/mol. The van der Waals surface area contributed by atoms with Gasteiger partial charge in [-0.15, -0.1) is 0 Å². The van der Waals surface area contributed by atoms with Gasteiger partial charge in [-0.1, -0.05) is 6.07 Å². The number of hydrogen-bond donors (Lipinski definition) is 0. The molecule has 0 radical (unpaired) electrons. The van der Waals surface area contributed by atoms with Gasteiger partial charge in [0, 0.05) is 7.05 Å². The molecule has 7 nitrogen and oxygen atoms in total. The highest BCUT2D eigenvalue weighted by Crippen LogP contribution is 2.36. The van der Waals surface area contributed by atoms with E-state index in [1.165, 1.54) is 18.1 Å². The maximum Gasteiger partial charge on any atom is 0.333 e. The lowest BCUT2D eigenvalue weighted by molar-refractivity contribution is -0.385. The van der Waals surface area contributed by atoms with Gasteiger partial charge < -0.3 is 14.4 Å². The molecule has 0 unspecified atom stereocenters. The lowest BCUT2D eigenvalue weighted by atomic mass is 10.2. The zero-order chi connectivity index (χ0) is 14.4. The largest absolute Gasteiger partial charge is 0.490 e. The van der Waals surface area contributed by atoms with Crippen molar-refractivity contribution < 1.29 is 19.2 Å². The molecule has 1 aromatic carbocycles. The van der Waals surface area contributed by atoms with Crippen LogP contribution in [0.15, 0.2) is 18.2 Å². The molecule has 19 heavy (non-hydrogen) atoms. The van der Waals surface area contributed by atoms with Crippen molar-refractivity contribution in [1.82, 2.24) is 0 Å². The Morgan fingerprint density at radius 1 is 1.47 bits per heavy atom. The van der Waals surface area contributed by atoms with Gasteiger partial charge in [0.2, 0.25) is 0 Å². The van der Waals surface area contributed by atoms with Gasteiger partial charge in [0.05, 0.1) is 18.6 Å². The number of esters is 1. The molecule has 0 fully saturated rings. The third-order valence-corrected chi connectivity index (χ3v) is 2.46. The molecule has 0 amide bonds. The average Bonchev–Trinajstić information content (AvgIpc) is 2.37. The molecule has 0 aromatic heterocycles. The van der Waals surface area contributed by atoms with Crippen LogP contribution in [-0.4, -0.2) is 38.2 Å². The minimum Gasteiger partial charge on any atom is -0.490 e. The number of hydrogen-bond acceptors (Lipinski definition) is 6. The van der Waals surface area contributed by atoms with Gasteiger partial charge in [-0.3, -0.25) is 14.9 Å². The first-order valence-electron chi connectivity index (χ1n) is 5.69. The Morgan fingerprint density at radius 3 is 2.68 bits per heavy atom. The van der Waals surface area contributed by atoms with Crippen molar-refractivity contribution in [1.29, 1.82) is 0 Å². The number of ether oxygens (including phenoxy) is 2. The Kier molecular flexibility index (Phi) is 5.11. The highest BCUT2D eigenvalue weighted by atomic mass is 16.6. The molecule has 1 aromatic rings. The molecule has 0 N–H and O–H groups in total. The summed E-state index contributed by atoms with van der Waals surface area (Å²) in [5, 5.41) is 11.1. The maximum atomic E-state index is 11.4. The molecule has 0 saturated heterocycles. The Morgan fingerprint density at radius 2 is 2.16 bits per heavy atom. The fourth-order valence-electron chi connectivity index (χ4n) is 1.65. The van der Waals surface area contributed by atoms with Crippen molar-refractivity contribution in [3.63, 3.8) is 0 Å². The molecule has 7 heteroatoms. The van der Waals surface area contributed by atoms with Gasteiger partial charge in [0.25, 0.3) is 0 Å². The van der Waals surface area contributed by atoms with Crippen LogP contribution in [0.5, 0.6) is 5.75 Å². The van der Waals surface area contributed by atoms with Gasteiger partial charge >= 0.3 is 11.7 Å². The number of benzene rings is 1. The van der Waals surface area contributed by atoms with Crippen LogP contribution >= 0.6 is 0 Å². The first-order valence-corrected chi connectivity index (χ1v) is 5.69. The summed E-state index contributed by atoms with van der Waals surface area (Å²) < 4.78 is 9.77. The van der Waals surface area contributed by atoms with Crippen molar-refractivity contribution >= 4 is 17.3 Å². The van der Waals surface area contributed by atoms with Crippen LogP contribution in [0.4, 0.5) is 11.4 Å². The van der Waals surface area contributed by atoms with E-state index in [0.717, 1.165) is 0 Å². The van der Waals surface area contributed by atoms with Crippen LogP contribution in [-0.2, 0) is 9.53 Å². The van der Waals surface area contributed by atoms with E-state index in [9.17, 15) is 14.9 Å². The smallest absolute Gasteiger partial charge is 0.333 e. The van der Waals surface area contributed by atoms with Crippen LogP contribution in [0.1, 0.15) is 6.92 Å². The van der Waals surface area contributed by atoms with E-state index in [0.29, 0.717) is 5.69 Å². The number of anilines is 1. The molecule has 104 valence electrons. The number of methoxy groups -OCH3 is 1. The molecule has 0 aliphatic carbocycles. The molecule has 0 heterocycles. The Hall–Kier alpha value is -2.31. The Balaban J connectivity index is 3.05. The normalized spacial score (nSPS) is 9.84. The van der Waals surface area contributed by atoms with Crippen molar-refractivity contribution in [3.05, 3.63) is 28.3 Å². The van der Waals surface area contributed by atoms with Gasteiger partial charge in [-0.05, 0) is 19.1 Å². The van der Waals surface area contributed by atoms with E-state index < -0.39 is 10.9 Å². The highest BCUT2D eigenvalue weighted by molar-refractivity contribution is 5.79. The molecular formula is C12H16N2O5. The second kappa shape index (κ2) is 6.58. The van der Waals surface area contributed by atoms with Crippen molar-refractivity contribution in [3.8, 4) is 5.75 Å². The standard InChI is InChI=1S/C12H16N2O5/c1-4-19-11(15)8-13(2)9-6-5-7-10(18-3)12(9)14(16)17/h5-7H,4,8H2,1-3H3. The monoisotopic (exact) mass is 268 g/mol. The number of rotatable bonds is 6. The topological polar surface area (TPSA) is 81.9 Å². The maximum absolute atomic E-state index is 11.4. The summed E-state index contributed by atoms with van der Waals surface area (Å²) in [6.45, 7) is 1.90. The Labute approximate surface area is 110 Å². The third-order valence-electron chi connectivity index (χ3n) is 2.46. The first kappa shape index (κ1) is 14.7. The zero-order valence-corrected chi connectivity index (χ0v) is 11.1. The number of nitrogens with zero attached hydrogens (tertiary/aromatic N) is 2. The number of carbonyl (C=O) groups is 1. The lowest BCUT2D eigenvalue weighted by Gasteiger charge is -2.18. The number of nitro benzene ring substituents is 1. The summed E-state index contributed by atoms with van der Waals surface area (Å²) in [5.74, 6) is -0.291. The molecule has 0 atom stereocenters. The van der Waals surface area contributed by atoms with Gasteiger partial charge in [0.1, 0.15) is 12.2 Å². The summed E-state index contributed by atoms with van der Waals surface area (Å²) in [7, 11) is 2.94. The number of para-hydroxylation sites is 1. The number of carbonyl (C=O) groups excluding carboxylic acids is 1. The molecule has 1 rings (SSSR count). The van der Waals surface area contributed by atoms with E-state index >= 15 is 0 Å². The summed E-state index contributed by atoms with van der Waals surface area (Å²) in [5.41, 5.74) is 0.134. The van der Waals surface area contributed by atoms with E-state index in [2.05, 4.69) is 0 Å². The molecule has 0 saturated carbocycles. The summed E-state index contributed by atoms with van der Waals surface area (Å²) in [6, 6.07) is 4.68. The third kappa shape index (κ3) is 3.57. The van der Waals surface area contributed by atoms with Gasteiger partial charge in [-0.25, -0.2) is 0 Å². The first-order chi connectivity index (χ1) is 9.01. The minimum atomic E-state index is -0.532.